The van der Waals surface area contributed by atoms with Crippen LogP contribution in [0.4, 0.5) is 4.39 Å². The molecule has 4 nitrogen and oxygen atoms in total. The summed E-state index contributed by atoms with van der Waals surface area (Å²) >= 11 is 5.97. The minimum absolute atomic E-state index is 0.266. The van der Waals surface area contributed by atoms with Crippen LogP contribution < -0.4 is 4.74 Å². The topological polar surface area (TPSA) is 49.8 Å². The molecule has 4 rings (SSSR count). The quantitative estimate of drug-likeness (QED) is 0.586. The lowest BCUT2D eigenvalue weighted by atomic mass is 9.93. The molecule has 3 aromatic carbocycles. The number of benzene rings is 3. The molecule has 6 heteroatoms. The number of hydrogen-bond donors (Lipinski definition) is 1. The average molecular weight is 424 g/mol. The highest BCUT2D eigenvalue weighted by Gasteiger charge is 2.41. The molecular weight excluding hydrogens is 405 g/mol. The number of aliphatic hydroxyl groups excluding tert-OH is 1. The van der Waals surface area contributed by atoms with Gasteiger partial charge in [0.05, 0.1) is 13.2 Å². The van der Waals surface area contributed by atoms with Crippen molar-refractivity contribution in [3.8, 4) is 5.75 Å². The predicted octanol–water partition coefficient (Wildman–Crippen LogP) is 5.54. The number of nitrogens with zero attached hydrogens (tertiary/aromatic N) is 1. The fourth-order valence-electron chi connectivity index (χ4n) is 3.66. The number of halogens is 2. The summed E-state index contributed by atoms with van der Waals surface area (Å²) in [6.45, 7) is 0.266. The number of rotatable bonds is 5. The van der Waals surface area contributed by atoms with Crippen LogP contribution in [0.2, 0.25) is 5.02 Å². The van der Waals surface area contributed by atoms with E-state index in [0.29, 0.717) is 27.5 Å². The van der Waals surface area contributed by atoms with Crippen molar-refractivity contribution in [2.45, 2.75) is 12.6 Å². The summed E-state index contributed by atoms with van der Waals surface area (Å²) in [4.78, 5) is 14.6. The molecule has 0 saturated heterocycles. The van der Waals surface area contributed by atoms with Gasteiger partial charge in [0.1, 0.15) is 11.6 Å². The van der Waals surface area contributed by atoms with Crippen molar-refractivity contribution in [3.63, 3.8) is 0 Å². The van der Waals surface area contributed by atoms with Crippen LogP contribution in [0.1, 0.15) is 22.7 Å². The molecule has 0 spiro atoms. The first-order valence-electron chi connectivity index (χ1n) is 9.36. The smallest absolute Gasteiger partial charge is 0.290 e. The average Bonchev–Trinajstić information content (AvgIpc) is 3.01. The SMILES string of the molecule is COc1ccc(C2=C(O)C(=O)N(Cc3ccc(Cl)cc3)[C@@H]2c2ccc(F)cc2)cc1. The van der Waals surface area contributed by atoms with Crippen LogP contribution >= 0.6 is 11.6 Å². The lowest BCUT2D eigenvalue weighted by Crippen LogP contribution is -2.29. The van der Waals surface area contributed by atoms with E-state index < -0.39 is 11.9 Å². The van der Waals surface area contributed by atoms with Crippen LogP contribution in [0.25, 0.3) is 5.57 Å². The number of carbonyl (C=O) groups excluding carboxylic acids is 1. The number of ether oxygens (including phenoxy) is 1. The molecule has 0 aliphatic carbocycles. The molecule has 0 fully saturated rings. The zero-order valence-corrected chi connectivity index (χ0v) is 16.9. The van der Waals surface area contributed by atoms with E-state index >= 15 is 0 Å². The monoisotopic (exact) mass is 423 g/mol. The van der Waals surface area contributed by atoms with E-state index in [0.717, 1.165) is 5.56 Å². The molecule has 0 aromatic heterocycles. The van der Waals surface area contributed by atoms with Crippen LogP contribution in [-0.2, 0) is 11.3 Å². The normalized spacial score (nSPS) is 16.3. The largest absolute Gasteiger partial charge is 0.503 e. The number of methoxy groups -OCH3 is 1. The summed E-state index contributed by atoms with van der Waals surface area (Å²) in [7, 11) is 1.57. The number of amides is 1. The second kappa shape index (κ2) is 8.20. The molecule has 1 N–H and O–H groups in total. The maximum Gasteiger partial charge on any atom is 0.290 e. The summed E-state index contributed by atoms with van der Waals surface area (Å²) in [6.07, 6.45) is 0. The second-order valence-corrected chi connectivity index (χ2v) is 7.44. The molecule has 0 radical (unpaired) electrons. The van der Waals surface area contributed by atoms with Crippen molar-refractivity contribution in [2.75, 3.05) is 7.11 Å². The number of aliphatic hydroxyl groups is 1. The summed E-state index contributed by atoms with van der Waals surface area (Å²) in [5, 5.41) is 11.4. The Hall–Kier alpha value is -3.31. The van der Waals surface area contributed by atoms with Gasteiger partial charge in [0.15, 0.2) is 5.76 Å². The van der Waals surface area contributed by atoms with Crippen molar-refractivity contribution in [2.24, 2.45) is 0 Å². The molecule has 1 atom stereocenters. The molecule has 30 heavy (non-hydrogen) atoms. The third-order valence-electron chi connectivity index (χ3n) is 5.16. The van der Waals surface area contributed by atoms with E-state index in [1.54, 1.807) is 60.5 Å². The van der Waals surface area contributed by atoms with Crippen molar-refractivity contribution < 1.29 is 19.0 Å². The molecule has 1 heterocycles. The maximum atomic E-state index is 13.5. The molecule has 3 aromatic rings. The van der Waals surface area contributed by atoms with E-state index in [1.165, 1.54) is 12.1 Å². The summed E-state index contributed by atoms with van der Waals surface area (Å²) < 4.78 is 18.7. The maximum absolute atomic E-state index is 13.5. The van der Waals surface area contributed by atoms with Gasteiger partial charge in [0, 0.05) is 17.1 Å². The van der Waals surface area contributed by atoms with E-state index in [9.17, 15) is 14.3 Å². The standard InChI is InChI=1S/C24H19ClFNO3/c1-30-20-12-6-16(7-13-20)21-22(17-4-10-19(26)11-5-17)27(24(29)23(21)28)14-15-2-8-18(25)9-3-15/h2-13,22,28H,14H2,1H3/t22-/m1/s1. The first-order valence-corrected chi connectivity index (χ1v) is 9.74. The zero-order valence-electron chi connectivity index (χ0n) is 16.2. The van der Waals surface area contributed by atoms with Gasteiger partial charge in [-0.05, 0) is 53.1 Å². The van der Waals surface area contributed by atoms with Gasteiger partial charge < -0.3 is 14.7 Å². The third kappa shape index (κ3) is 3.76. The van der Waals surface area contributed by atoms with Crippen LogP contribution in [0, 0.1) is 5.82 Å². The van der Waals surface area contributed by atoms with Crippen molar-refractivity contribution >= 4 is 23.1 Å². The van der Waals surface area contributed by atoms with Crippen LogP contribution in [0.15, 0.2) is 78.6 Å². The van der Waals surface area contributed by atoms with E-state index in [-0.39, 0.29) is 18.1 Å². The lowest BCUT2D eigenvalue weighted by molar-refractivity contribution is -0.130. The van der Waals surface area contributed by atoms with Crippen LogP contribution in [0.3, 0.4) is 0 Å². The van der Waals surface area contributed by atoms with Gasteiger partial charge in [-0.1, -0.05) is 48.0 Å². The van der Waals surface area contributed by atoms with Crippen LogP contribution in [-0.4, -0.2) is 23.0 Å². The Morgan fingerprint density at radius 3 is 2.23 bits per heavy atom. The first kappa shape index (κ1) is 20.0. The minimum Gasteiger partial charge on any atom is -0.503 e. The van der Waals surface area contributed by atoms with E-state index in [2.05, 4.69) is 0 Å². The van der Waals surface area contributed by atoms with Crippen molar-refractivity contribution in [3.05, 3.63) is 106 Å². The van der Waals surface area contributed by atoms with Gasteiger partial charge in [0.25, 0.3) is 5.91 Å². The molecule has 1 aliphatic rings. The Bertz CT molecular complexity index is 1090. The Labute approximate surface area is 178 Å². The highest BCUT2D eigenvalue weighted by atomic mass is 35.5. The fraction of sp³-hybridized carbons (Fsp3) is 0.125. The second-order valence-electron chi connectivity index (χ2n) is 7.00. The van der Waals surface area contributed by atoms with Gasteiger partial charge in [-0.3, -0.25) is 4.79 Å². The summed E-state index contributed by atoms with van der Waals surface area (Å²) in [5.74, 6) is -0.500. The molecule has 0 bridgehead atoms. The van der Waals surface area contributed by atoms with Crippen LogP contribution in [0.5, 0.6) is 5.75 Å². The molecule has 1 aliphatic heterocycles. The molecular formula is C24H19ClFNO3. The minimum atomic E-state index is -0.567. The zero-order chi connectivity index (χ0) is 21.3. The van der Waals surface area contributed by atoms with E-state index in [1.807, 2.05) is 12.1 Å². The van der Waals surface area contributed by atoms with Gasteiger partial charge in [0.2, 0.25) is 0 Å². The molecule has 152 valence electrons. The fourth-order valence-corrected chi connectivity index (χ4v) is 3.79. The Balaban J connectivity index is 1.79. The van der Waals surface area contributed by atoms with Gasteiger partial charge in [-0.15, -0.1) is 0 Å². The molecule has 0 saturated carbocycles. The van der Waals surface area contributed by atoms with Crippen molar-refractivity contribution in [1.82, 2.24) is 4.90 Å². The Kier molecular flexibility index (Phi) is 5.46. The molecule has 0 unspecified atom stereocenters. The lowest BCUT2D eigenvalue weighted by Gasteiger charge is -2.27. The van der Waals surface area contributed by atoms with Gasteiger partial charge in [-0.25, -0.2) is 4.39 Å². The Morgan fingerprint density at radius 1 is 1.00 bits per heavy atom. The molecule has 1 amide bonds. The number of carbonyl (C=O) groups is 1. The summed E-state index contributed by atoms with van der Waals surface area (Å²) in [5.41, 5.74) is 2.73. The third-order valence-corrected chi connectivity index (χ3v) is 5.41. The summed E-state index contributed by atoms with van der Waals surface area (Å²) in [6, 6.07) is 19.7. The highest BCUT2D eigenvalue weighted by Crippen LogP contribution is 2.44. The first-order chi connectivity index (χ1) is 14.5. The Morgan fingerprint density at radius 2 is 1.63 bits per heavy atom. The highest BCUT2D eigenvalue weighted by molar-refractivity contribution is 6.30. The van der Waals surface area contributed by atoms with E-state index in [4.69, 9.17) is 16.3 Å². The van der Waals surface area contributed by atoms with Gasteiger partial charge >= 0.3 is 0 Å². The van der Waals surface area contributed by atoms with Crippen molar-refractivity contribution in [1.29, 1.82) is 0 Å². The predicted molar refractivity (Wildman–Crippen MR) is 114 cm³/mol. The van der Waals surface area contributed by atoms with Gasteiger partial charge in [-0.2, -0.15) is 0 Å². The number of hydrogen-bond acceptors (Lipinski definition) is 3.